The second-order valence-corrected chi connectivity index (χ2v) is 5.94. The Hall–Kier alpha value is -1.26. The molecule has 0 aromatic rings. The zero-order valence-corrected chi connectivity index (χ0v) is 11.3. The predicted octanol–water partition coefficient (Wildman–Crippen LogP) is 1.21. The van der Waals surface area contributed by atoms with E-state index in [1.54, 1.807) is 0 Å². The van der Waals surface area contributed by atoms with Crippen molar-refractivity contribution in [1.29, 1.82) is 0 Å². The molecule has 1 N–H and O–H groups in total. The molecule has 1 aliphatic rings. The van der Waals surface area contributed by atoms with Crippen molar-refractivity contribution in [3.63, 3.8) is 0 Å². The fraction of sp³-hybridized carbons (Fsp3) is 0.846. The summed E-state index contributed by atoms with van der Waals surface area (Å²) in [6.07, 6.45) is 2.96. The molecular formula is C13H22NO4-. The molecule has 1 fully saturated rings. The lowest BCUT2D eigenvalue weighted by atomic mass is 9.84. The Kier molecular flexibility index (Phi) is 4.99. The fourth-order valence-electron chi connectivity index (χ4n) is 2.22. The second kappa shape index (κ2) is 6.07. The van der Waals surface area contributed by atoms with Gasteiger partial charge in [-0.15, -0.1) is 0 Å². The molecule has 0 aromatic carbocycles. The minimum Gasteiger partial charge on any atom is -0.550 e. The van der Waals surface area contributed by atoms with Gasteiger partial charge >= 0.3 is 6.09 Å². The number of rotatable bonds is 3. The average molecular weight is 256 g/mol. The van der Waals surface area contributed by atoms with Crippen LogP contribution in [0.25, 0.3) is 0 Å². The number of hydrogen-bond donors (Lipinski definition) is 1. The number of carbonyl (C=O) groups is 2. The monoisotopic (exact) mass is 256 g/mol. The van der Waals surface area contributed by atoms with Gasteiger partial charge in [0, 0.05) is 12.0 Å². The highest BCUT2D eigenvalue weighted by atomic mass is 16.6. The number of hydrogen-bond acceptors (Lipinski definition) is 4. The van der Waals surface area contributed by atoms with Crippen molar-refractivity contribution < 1.29 is 19.4 Å². The highest BCUT2D eigenvalue weighted by Crippen LogP contribution is 2.26. The highest BCUT2D eigenvalue weighted by molar-refractivity contribution is 5.68. The minimum absolute atomic E-state index is 0.0952. The molecule has 0 aliphatic heterocycles. The van der Waals surface area contributed by atoms with Gasteiger partial charge in [0.1, 0.15) is 5.60 Å². The number of alkyl carbamates (subject to hydrolysis) is 1. The lowest BCUT2D eigenvalue weighted by molar-refractivity contribution is -0.307. The third kappa shape index (κ3) is 5.89. The molecule has 0 unspecified atom stereocenters. The van der Waals surface area contributed by atoms with Crippen LogP contribution in [0.3, 0.4) is 0 Å². The molecule has 5 heteroatoms. The van der Waals surface area contributed by atoms with Crippen molar-refractivity contribution in [1.82, 2.24) is 5.32 Å². The number of carboxylic acid groups (broad SMARTS) is 1. The van der Waals surface area contributed by atoms with Gasteiger partial charge in [-0.3, -0.25) is 0 Å². The molecule has 1 rings (SSSR count). The molecule has 0 radical (unpaired) electrons. The van der Waals surface area contributed by atoms with Crippen LogP contribution in [-0.2, 0) is 9.53 Å². The van der Waals surface area contributed by atoms with Crippen molar-refractivity contribution >= 4 is 12.1 Å². The van der Waals surface area contributed by atoms with E-state index in [0.717, 1.165) is 25.7 Å². The predicted molar refractivity (Wildman–Crippen MR) is 64.7 cm³/mol. The first-order valence-electron chi connectivity index (χ1n) is 6.45. The van der Waals surface area contributed by atoms with E-state index in [0.29, 0.717) is 0 Å². The van der Waals surface area contributed by atoms with Crippen molar-refractivity contribution in [2.45, 2.75) is 64.5 Å². The molecule has 1 aliphatic carbocycles. The summed E-state index contributed by atoms with van der Waals surface area (Å²) >= 11 is 0. The molecule has 18 heavy (non-hydrogen) atoms. The van der Waals surface area contributed by atoms with Gasteiger partial charge in [-0.2, -0.15) is 0 Å². The Labute approximate surface area is 108 Å². The Morgan fingerprint density at radius 1 is 1.22 bits per heavy atom. The van der Waals surface area contributed by atoms with E-state index in [4.69, 9.17) is 4.74 Å². The summed E-state index contributed by atoms with van der Waals surface area (Å²) < 4.78 is 5.18. The van der Waals surface area contributed by atoms with Crippen LogP contribution in [0, 0.1) is 5.92 Å². The Balaban J connectivity index is 2.27. The van der Waals surface area contributed by atoms with Crippen LogP contribution in [0.1, 0.15) is 52.9 Å². The van der Waals surface area contributed by atoms with Crippen LogP contribution in [0.15, 0.2) is 0 Å². The normalized spacial score (nSPS) is 24.4. The highest BCUT2D eigenvalue weighted by Gasteiger charge is 2.24. The quantitative estimate of drug-likeness (QED) is 0.823. The van der Waals surface area contributed by atoms with E-state index in [-0.39, 0.29) is 18.4 Å². The van der Waals surface area contributed by atoms with Crippen molar-refractivity contribution in [2.75, 3.05) is 0 Å². The van der Waals surface area contributed by atoms with E-state index < -0.39 is 17.7 Å². The maximum absolute atomic E-state index is 11.5. The number of ether oxygens (including phenoxy) is 1. The standard InChI is InChI=1S/C13H23NO4/c1-13(2,3)18-12(17)14-10-6-4-9(5-7-10)8-11(15)16/h9-10H,4-8H2,1-3H3,(H,14,17)(H,15,16)/p-1. The van der Waals surface area contributed by atoms with E-state index in [1.165, 1.54) is 0 Å². The summed E-state index contributed by atoms with van der Waals surface area (Å²) in [5.41, 5.74) is -0.490. The largest absolute Gasteiger partial charge is 0.550 e. The number of carboxylic acids is 1. The first-order valence-corrected chi connectivity index (χ1v) is 6.45. The minimum atomic E-state index is -0.987. The lowest BCUT2D eigenvalue weighted by Crippen LogP contribution is -2.41. The zero-order valence-electron chi connectivity index (χ0n) is 11.3. The summed E-state index contributed by atoms with van der Waals surface area (Å²) in [6.45, 7) is 5.47. The number of nitrogens with one attached hydrogen (secondary N) is 1. The number of amides is 1. The molecule has 0 atom stereocenters. The van der Waals surface area contributed by atoms with Gasteiger partial charge in [-0.25, -0.2) is 4.79 Å². The average Bonchev–Trinajstić information content (AvgIpc) is 2.17. The Bertz CT molecular complexity index is 301. The summed E-state index contributed by atoms with van der Waals surface area (Å²) in [6, 6.07) is 0.0952. The first-order chi connectivity index (χ1) is 8.26. The van der Waals surface area contributed by atoms with Crippen molar-refractivity contribution in [2.24, 2.45) is 5.92 Å². The van der Waals surface area contributed by atoms with Crippen molar-refractivity contribution in [3.05, 3.63) is 0 Å². The fourth-order valence-corrected chi connectivity index (χ4v) is 2.22. The van der Waals surface area contributed by atoms with Crippen LogP contribution in [0.2, 0.25) is 0 Å². The zero-order chi connectivity index (χ0) is 13.8. The lowest BCUT2D eigenvalue weighted by Gasteiger charge is -2.30. The van der Waals surface area contributed by atoms with Crippen LogP contribution < -0.4 is 10.4 Å². The SMILES string of the molecule is CC(C)(C)OC(=O)NC1CCC(CC(=O)[O-])CC1. The van der Waals surface area contributed by atoms with Gasteiger partial charge in [-0.1, -0.05) is 0 Å². The first kappa shape index (κ1) is 14.8. The van der Waals surface area contributed by atoms with Crippen LogP contribution in [0.4, 0.5) is 4.79 Å². The number of carbonyl (C=O) groups excluding carboxylic acids is 2. The molecule has 0 saturated heterocycles. The van der Waals surface area contributed by atoms with Gasteiger partial charge in [0.15, 0.2) is 0 Å². The van der Waals surface area contributed by atoms with Gasteiger partial charge in [-0.05, 0) is 58.8 Å². The van der Waals surface area contributed by atoms with Gasteiger partial charge < -0.3 is 20.0 Å². The molecule has 104 valence electrons. The summed E-state index contributed by atoms with van der Waals surface area (Å²) in [5.74, 6) is -0.801. The van der Waals surface area contributed by atoms with Crippen LogP contribution in [0.5, 0.6) is 0 Å². The molecule has 0 heterocycles. The molecule has 0 bridgehead atoms. The topological polar surface area (TPSA) is 78.5 Å². The smallest absolute Gasteiger partial charge is 0.407 e. The number of aliphatic carboxylic acids is 1. The molecule has 0 aromatic heterocycles. The van der Waals surface area contributed by atoms with Crippen LogP contribution in [-0.4, -0.2) is 23.7 Å². The molecule has 1 saturated carbocycles. The summed E-state index contributed by atoms with van der Waals surface area (Å²) in [5, 5.41) is 13.3. The third-order valence-corrected chi connectivity index (χ3v) is 3.02. The van der Waals surface area contributed by atoms with Crippen molar-refractivity contribution in [3.8, 4) is 0 Å². The van der Waals surface area contributed by atoms with E-state index >= 15 is 0 Å². The van der Waals surface area contributed by atoms with E-state index in [2.05, 4.69) is 5.32 Å². The van der Waals surface area contributed by atoms with Crippen LogP contribution >= 0.6 is 0 Å². The maximum atomic E-state index is 11.5. The summed E-state index contributed by atoms with van der Waals surface area (Å²) in [7, 11) is 0. The summed E-state index contributed by atoms with van der Waals surface area (Å²) in [4.78, 5) is 22.0. The second-order valence-electron chi connectivity index (χ2n) is 5.94. The molecule has 1 amide bonds. The maximum Gasteiger partial charge on any atom is 0.407 e. The van der Waals surface area contributed by atoms with Gasteiger partial charge in [0.05, 0.1) is 0 Å². The van der Waals surface area contributed by atoms with E-state index in [9.17, 15) is 14.7 Å². The molecule has 5 nitrogen and oxygen atoms in total. The van der Waals surface area contributed by atoms with Gasteiger partial charge in [0.2, 0.25) is 0 Å². The van der Waals surface area contributed by atoms with Gasteiger partial charge in [0.25, 0.3) is 0 Å². The Morgan fingerprint density at radius 3 is 2.22 bits per heavy atom. The molecule has 0 spiro atoms. The third-order valence-electron chi connectivity index (χ3n) is 3.02. The Morgan fingerprint density at radius 2 is 1.78 bits per heavy atom. The van der Waals surface area contributed by atoms with E-state index in [1.807, 2.05) is 20.8 Å². The molecular weight excluding hydrogens is 234 g/mol.